The minimum atomic E-state index is -3.93. The smallest absolute Gasteiger partial charge is 0.244 e. The summed E-state index contributed by atoms with van der Waals surface area (Å²) in [6.07, 6.45) is 1.21. The number of rotatable bonds is 12. The summed E-state index contributed by atoms with van der Waals surface area (Å²) in [5.74, 6) is -0.750. The average molecular weight is 625 g/mol. The molecule has 0 aliphatic carbocycles. The zero-order chi connectivity index (χ0) is 29.4. The zero-order valence-electron chi connectivity index (χ0n) is 22.5. The number of hydrogen-bond acceptors (Lipinski definition) is 4. The largest absolute Gasteiger partial charge is 0.354 e. The van der Waals surface area contributed by atoms with Gasteiger partial charge < -0.3 is 10.2 Å². The fourth-order valence-electron chi connectivity index (χ4n) is 4.04. The van der Waals surface area contributed by atoms with E-state index in [2.05, 4.69) is 5.32 Å². The summed E-state index contributed by atoms with van der Waals surface area (Å²) in [6, 6.07) is 19.7. The topological polar surface area (TPSA) is 86.8 Å². The quantitative estimate of drug-likeness (QED) is 0.275. The standard InChI is InChI=1S/C29H32Cl3N3O4S/c1-20(2)17-33-29(37)27(15-21-9-5-4-6-10-21)34(18-22-11-7-8-12-24(22)30)28(36)19-35(40(3,38)39)23-13-14-25(31)26(32)16-23/h4-14,16,20,27H,15,17-19H2,1-3H3,(H,33,37)/t27-/m0/s1. The molecule has 0 spiro atoms. The van der Waals surface area contributed by atoms with E-state index in [4.69, 9.17) is 34.8 Å². The van der Waals surface area contributed by atoms with Crippen LogP contribution in [-0.4, -0.2) is 50.5 Å². The highest BCUT2D eigenvalue weighted by Gasteiger charge is 2.33. The van der Waals surface area contributed by atoms with Crippen molar-refractivity contribution in [2.24, 2.45) is 5.92 Å². The molecule has 0 heterocycles. The van der Waals surface area contributed by atoms with Crippen molar-refractivity contribution < 1.29 is 18.0 Å². The van der Waals surface area contributed by atoms with Gasteiger partial charge in [0.2, 0.25) is 21.8 Å². The summed E-state index contributed by atoms with van der Waals surface area (Å²) in [6.45, 7) is 3.78. The van der Waals surface area contributed by atoms with Crippen molar-refractivity contribution in [3.8, 4) is 0 Å². The normalized spacial score (nSPS) is 12.2. The molecule has 3 aromatic carbocycles. The van der Waals surface area contributed by atoms with Crippen molar-refractivity contribution in [3.63, 3.8) is 0 Å². The second-order valence-corrected chi connectivity index (χ2v) is 13.0. The Labute approximate surface area is 251 Å². The Bertz CT molecular complexity index is 1440. The van der Waals surface area contributed by atoms with Crippen LogP contribution >= 0.6 is 34.8 Å². The Morgan fingerprint density at radius 3 is 2.12 bits per heavy atom. The van der Waals surface area contributed by atoms with Crippen LogP contribution in [0.25, 0.3) is 0 Å². The van der Waals surface area contributed by atoms with E-state index in [0.29, 0.717) is 17.1 Å². The molecule has 0 unspecified atom stereocenters. The van der Waals surface area contributed by atoms with Crippen LogP contribution in [0.4, 0.5) is 5.69 Å². The molecule has 214 valence electrons. The summed E-state index contributed by atoms with van der Waals surface area (Å²) in [5, 5.41) is 3.75. The van der Waals surface area contributed by atoms with Gasteiger partial charge in [0.15, 0.2) is 0 Å². The molecule has 0 bridgehead atoms. The first-order valence-electron chi connectivity index (χ1n) is 12.6. The van der Waals surface area contributed by atoms with Gasteiger partial charge in [0.1, 0.15) is 12.6 Å². The number of nitrogens with zero attached hydrogens (tertiary/aromatic N) is 2. The maximum atomic E-state index is 14.1. The minimum Gasteiger partial charge on any atom is -0.354 e. The number of carbonyl (C=O) groups is 2. The summed E-state index contributed by atoms with van der Waals surface area (Å²) >= 11 is 18.6. The van der Waals surface area contributed by atoms with Gasteiger partial charge >= 0.3 is 0 Å². The van der Waals surface area contributed by atoms with Crippen molar-refractivity contribution in [1.82, 2.24) is 10.2 Å². The molecule has 40 heavy (non-hydrogen) atoms. The SMILES string of the molecule is CC(C)CNC(=O)[C@H](Cc1ccccc1)N(Cc1ccccc1Cl)C(=O)CN(c1ccc(Cl)c(Cl)c1)S(C)(=O)=O. The van der Waals surface area contributed by atoms with Crippen LogP contribution in [0, 0.1) is 5.92 Å². The summed E-state index contributed by atoms with van der Waals surface area (Å²) in [7, 11) is -3.93. The minimum absolute atomic E-state index is 0.00984. The molecule has 0 saturated carbocycles. The lowest BCUT2D eigenvalue weighted by atomic mass is 10.0. The van der Waals surface area contributed by atoms with Gasteiger partial charge in [-0.05, 0) is 41.3 Å². The molecule has 3 aromatic rings. The zero-order valence-corrected chi connectivity index (χ0v) is 25.6. The third-order valence-corrected chi connectivity index (χ3v) is 8.37. The number of halogens is 3. The van der Waals surface area contributed by atoms with Gasteiger partial charge in [-0.3, -0.25) is 13.9 Å². The first-order valence-corrected chi connectivity index (χ1v) is 15.6. The van der Waals surface area contributed by atoms with Gasteiger partial charge in [0, 0.05) is 24.5 Å². The van der Waals surface area contributed by atoms with Crippen LogP contribution in [0.1, 0.15) is 25.0 Å². The van der Waals surface area contributed by atoms with Crippen LogP contribution in [0.3, 0.4) is 0 Å². The summed E-state index contributed by atoms with van der Waals surface area (Å²) in [4.78, 5) is 29.0. The molecule has 1 N–H and O–H groups in total. The second kappa shape index (κ2) is 14.2. The number of anilines is 1. The monoisotopic (exact) mass is 623 g/mol. The first-order chi connectivity index (χ1) is 18.9. The predicted octanol–water partition coefficient (Wildman–Crippen LogP) is 5.83. The first kappa shape index (κ1) is 31.7. The summed E-state index contributed by atoms with van der Waals surface area (Å²) < 4.78 is 26.6. The maximum absolute atomic E-state index is 14.1. The molecule has 0 aliphatic heterocycles. The molecule has 2 amide bonds. The van der Waals surface area contributed by atoms with E-state index < -0.39 is 28.5 Å². The lowest BCUT2D eigenvalue weighted by Gasteiger charge is -2.34. The van der Waals surface area contributed by atoms with Crippen molar-refractivity contribution in [1.29, 1.82) is 0 Å². The highest BCUT2D eigenvalue weighted by molar-refractivity contribution is 7.92. The average Bonchev–Trinajstić information content (AvgIpc) is 2.90. The van der Waals surface area contributed by atoms with Crippen molar-refractivity contribution in [2.75, 3.05) is 23.7 Å². The lowest BCUT2D eigenvalue weighted by Crippen LogP contribution is -2.53. The van der Waals surface area contributed by atoms with Crippen molar-refractivity contribution in [3.05, 3.63) is 99.0 Å². The van der Waals surface area contributed by atoms with Crippen molar-refractivity contribution in [2.45, 2.75) is 32.9 Å². The molecule has 11 heteroatoms. The predicted molar refractivity (Wildman–Crippen MR) is 162 cm³/mol. The van der Waals surface area contributed by atoms with E-state index in [1.165, 1.54) is 23.1 Å². The van der Waals surface area contributed by atoms with E-state index in [0.717, 1.165) is 16.1 Å². The molecule has 0 fully saturated rings. The molecule has 7 nitrogen and oxygen atoms in total. The van der Waals surface area contributed by atoms with E-state index in [9.17, 15) is 18.0 Å². The number of amides is 2. The molecule has 3 rings (SSSR count). The lowest BCUT2D eigenvalue weighted by molar-refractivity contribution is -0.140. The number of sulfonamides is 1. The fraction of sp³-hybridized carbons (Fsp3) is 0.310. The van der Waals surface area contributed by atoms with E-state index in [1.807, 2.05) is 44.2 Å². The highest BCUT2D eigenvalue weighted by Crippen LogP contribution is 2.29. The van der Waals surface area contributed by atoms with Crippen LogP contribution in [0.5, 0.6) is 0 Å². The van der Waals surface area contributed by atoms with Gasteiger partial charge in [-0.1, -0.05) is 97.2 Å². The number of carbonyl (C=O) groups excluding carboxylic acids is 2. The molecule has 0 aromatic heterocycles. The number of benzene rings is 3. The van der Waals surface area contributed by atoms with Gasteiger partial charge in [-0.15, -0.1) is 0 Å². The highest BCUT2D eigenvalue weighted by atomic mass is 35.5. The van der Waals surface area contributed by atoms with E-state index >= 15 is 0 Å². The van der Waals surface area contributed by atoms with Crippen LogP contribution in [-0.2, 0) is 32.6 Å². The van der Waals surface area contributed by atoms with Crippen LogP contribution in [0.15, 0.2) is 72.8 Å². The molecule has 0 aliphatic rings. The molecular formula is C29H32Cl3N3O4S. The Morgan fingerprint density at radius 2 is 1.52 bits per heavy atom. The Morgan fingerprint density at radius 1 is 0.875 bits per heavy atom. The second-order valence-electron chi connectivity index (χ2n) is 9.83. The van der Waals surface area contributed by atoms with E-state index in [-0.39, 0.29) is 40.5 Å². The van der Waals surface area contributed by atoms with E-state index in [1.54, 1.807) is 24.3 Å². The third-order valence-electron chi connectivity index (χ3n) is 6.12. The Balaban J connectivity index is 2.07. The molecular weight excluding hydrogens is 593 g/mol. The molecule has 0 saturated heterocycles. The third kappa shape index (κ3) is 8.86. The Kier molecular flexibility index (Phi) is 11.3. The number of nitrogens with one attached hydrogen (secondary N) is 1. The number of hydrogen-bond donors (Lipinski definition) is 1. The van der Waals surface area contributed by atoms with Gasteiger partial charge in [-0.2, -0.15) is 0 Å². The summed E-state index contributed by atoms with van der Waals surface area (Å²) in [5.41, 5.74) is 1.63. The van der Waals surface area contributed by atoms with Crippen molar-refractivity contribution >= 4 is 62.3 Å². The Hall–Kier alpha value is -2.78. The molecule has 1 atom stereocenters. The van der Waals surface area contributed by atoms with Gasteiger partial charge in [0.05, 0.1) is 22.0 Å². The van der Waals surface area contributed by atoms with Gasteiger partial charge in [0.25, 0.3) is 0 Å². The van der Waals surface area contributed by atoms with Gasteiger partial charge in [-0.25, -0.2) is 8.42 Å². The maximum Gasteiger partial charge on any atom is 0.244 e. The molecule has 0 radical (unpaired) electrons. The van der Waals surface area contributed by atoms with Crippen LogP contribution in [0.2, 0.25) is 15.1 Å². The van der Waals surface area contributed by atoms with Crippen LogP contribution < -0.4 is 9.62 Å². The fourth-order valence-corrected chi connectivity index (χ4v) is 5.37.